The molecule has 2 rings (SSSR count). The SMILES string of the molecule is C=CC[C@@H](O)[C@H](C)S(=O)(=O)N(Cc1ccc(C)cc1)Cc1ccc(OC)cc1. The van der Waals surface area contributed by atoms with Crippen molar-refractivity contribution in [1.82, 2.24) is 4.31 Å². The van der Waals surface area contributed by atoms with Gasteiger partial charge in [-0.2, -0.15) is 4.31 Å². The minimum atomic E-state index is -3.74. The van der Waals surface area contributed by atoms with Gasteiger partial charge in [0.05, 0.1) is 18.5 Å². The van der Waals surface area contributed by atoms with Crippen LogP contribution in [-0.2, 0) is 23.1 Å². The van der Waals surface area contributed by atoms with Crippen molar-refractivity contribution in [2.24, 2.45) is 0 Å². The molecule has 5 nitrogen and oxygen atoms in total. The number of aliphatic hydroxyl groups excluding tert-OH is 1. The molecule has 0 saturated heterocycles. The molecule has 0 fully saturated rings. The number of aliphatic hydroxyl groups is 1. The Bertz CT molecular complexity index is 860. The Hall–Kier alpha value is -2.15. The fourth-order valence-electron chi connectivity index (χ4n) is 2.86. The first kappa shape index (κ1) is 22.1. The van der Waals surface area contributed by atoms with E-state index in [2.05, 4.69) is 6.58 Å². The molecule has 28 heavy (non-hydrogen) atoms. The number of sulfonamides is 1. The maximum Gasteiger partial charge on any atom is 0.219 e. The summed E-state index contributed by atoms with van der Waals surface area (Å²) in [6, 6.07) is 15.1. The van der Waals surface area contributed by atoms with Crippen LogP contribution >= 0.6 is 0 Å². The molecule has 0 unspecified atom stereocenters. The van der Waals surface area contributed by atoms with Crippen LogP contribution in [0, 0.1) is 6.92 Å². The average molecular weight is 404 g/mol. The monoisotopic (exact) mass is 403 g/mol. The van der Waals surface area contributed by atoms with Crippen LogP contribution in [0.1, 0.15) is 30.0 Å². The van der Waals surface area contributed by atoms with E-state index in [1.807, 2.05) is 55.5 Å². The number of methoxy groups -OCH3 is 1. The lowest BCUT2D eigenvalue weighted by atomic mass is 10.1. The molecule has 0 aliphatic heterocycles. The van der Waals surface area contributed by atoms with Gasteiger partial charge < -0.3 is 9.84 Å². The van der Waals surface area contributed by atoms with E-state index in [4.69, 9.17) is 4.74 Å². The molecule has 0 aliphatic rings. The lowest BCUT2D eigenvalue weighted by molar-refractivity contribution is 0.172. The third-order valence-electron chi connectivity index (χ3n) is 4.78. The number of rotatable bonds is 10. The van der Waals surface area contributed by atoms with Crippen molar-refractivity contribution in [3.63, 3.8) is 0 Å². The Morgan fingerprint density at radius 1 is 1.07 bits per heavy atom. The molecule has 0 amide bonds. The molecule has 0 aliphatic carbocycles. The van der Waals surface area contributed by atoms with Gasteiger partial charge in [0.1, 0.15) is 5.75 Å². The van der Waals surface area contributed by atoms with Gasteiger partial charge in [0.15, 0.2) is 0 Å². The molecular formula is C22H29NO4S. The Balaban J connectivity index is 2.32. The Kier molecular flexibility index (Phi) is 7.80. The molecule has 152 valence electrons. The predicted octanol–water partition coefficient (Wildman–Crippen LogP) is 3.66. The van der Waals surface area contributed by atoms with Crippen molar-refractivity contribution in [3.05, 3.63) is 77.9 Å². The Morgan fingerprint density at radius 3 is 2.04 bits per heavy atom. The first-order valence-electron chi connectivity index (χ1n) is 9.24. The van der Waals surface area contributed by atoms with Crippen molar-refractivity contribution < 1.29 is 18.3 Å². The van der Waals surface area contributed by atoms with E-state index >= 15 is 0 Å². The van der Waals surface area contributed by atoms with Crippen molar-refractivity contribution >= 4 is 10.0 Å². The minimum absolute atomic E-state index is 0.214. The summed E-state index contributed by atoms with van der Waals surface area (Å²) in [6.45, 7) is 7.57. The average Bonchev–Trinajstić information content (AvgIpc) is 2.69. The molecule has 1 N–H and O–H groups in total. The van der Waals surface area contributed by atoms with Crippen LogP contribution in [0.4, 0.5) is 0 Å². The first-order chi connectivity index (χ1) is 13.3. The predicted molar refractivity (Wildman–Crippen MR) is 113 cm³/mol. The largest absolute Gasteiger partial charge is 0.497 e. The highest BCUT2D eigenvalue weighted by Crippen LogP contribution is 2.22. The Labute approximate surface area is 168 Å². The van der Waals surface area contributed by atoms with Gasteiger partial charge >= 0.3 is 0 Å². The summed E-state index contributed by atoms with van der Waals surface area (Å²) in [5, 5.41) is 9.31. The lowest BCUT2D eigenvalue weighted by Crippen LogP contribution is -2.42. The van der Waals surface area contributed by atoms with Gasteiger partial charge in [-0.25, -0.2) is 8.42 Å². The summed E-state index contributed by atoms with van der Waals surface area (Å²) in [5.41, 5.74) is 2.86. The van der Waals surface area contributed by atoms with Crippen LogP contribution in [0.3, 0.4) is 0 Å². The zero-order valence-electron chi connectivity index (χ0n) is 16.7. The van der Waals surface area contributed by atoms with E-state index in [9.17, 15) is 13.5 Å². The van der Waals surface area contributed by atoms with Crippen LogP contribution < -0.4 is 4.74 Å². The standard InChI is InChI=1S/C22H29NO4S/c1-5-6-22(24)18(3)28(25,26)23(15-19-9-7-17(2)8-10-19)16-20-11-13-21(27-4)14-12-20/h5,7-14,18,22,24H,1,6,15-16H2,2-4H3/t18-,22+/m0/s1. The molecule has 0 aromatic heterocycles. The van der Waals surface area contributed by atoms with Gasteiger partial charge in [0.25, 0.3) is 0 Å². The van der Waals surface area contributed by atoms with Crippen LogP contribution in [0.2, 0.25) is 0 Å². The summed E-state index contributed by atoms with van der Waals surface area (Å²) in [4.78, 5) is 0. The molecule has 0 radical (unpaired) electrons. The summed E-state index contributed by atoms with van der Waals surface area (Å²) < 4.78 is 33.1. The number of ether oxygens (including phenoxy) is 1. The van der Waals surface area contributed by atoms with Crippen molar-refractivity contribution in [3.8, 4) is 5.75 Å². The van der Waals surface area contributed by atoms with Crippen molar-refractivity contribution in [2.75, 3.05) is 7.11 Å². The molecular weight excluding hydrogens is 374 g/mol. The van der Waals surface area contributed by atoms with Crippen LogP contribution in [0.5, 0.6) is 5.75 Å². The molecule has 2 aromatic rings. The van der Waals surface area contributed by atoms with E-state index < -0.39 is 21.4 Å². The van der Waals surface area contributed by atoms with Gasteiger partial charge in [-0.15, -0.1) is 6.58 Å². The van der Waals surface area contributed by atoms with E-state index in [1.165, 1.54) is 10.4 Å². The van der Waals surface area contributed by atoms with Gasteiger partial charge in [-0.05, 0) is 43.5 Å². The number of benzene rings is 2. The number of hydrogen-bond donors (Lipinski definition) is 1. The van der Waals surface area contributed by atoms with Crippen LogP contribution in [-0.4, -0.2) is 36.3 Å². The molecule has 0 spiro atoms. The third-order valence-corrected chi connectivity index (χ3v) is 7.01. The van der Waals surface area contributed by atoms with Gasteiger partial charge in [0.2, 0.25) is 10.0 Å². The highest BCUT2D eigenvalue weighted by molar-refractivity contribution is 7.89. The molecule has 2 aromatic carbocycles. The van der Waals surface area contributed by atoms with E-state index in [0.29, 0.717) is 5.75 Å². The summed E-state index contributed by atoms with van der Waals surface area (Å²) in [6.07, 6.45) is 0.755. The first-order valence-corrected chi connectivity index (χ1v) is 10.7. The summed E-state index contributed by atoms with van der Waals surface area (Å²) >= 11 is 0. The normalized spacial score (nSPS) is 13.9. The third kappa shape index (κ3) is 5.67. The van der Waals surface area contributed by atoms with Crippen LogP contribution in [0.15, 0.2) is 61.2 Å². The lowest BCUT2D eigenvalue weighted by Gasteiger charge is -2.28. The van der Waals surface area contributed by atoms with Gasteiger partial charge in [-0.1, -0.05) is 48.0 Å². The van der Waals surface area contributed by atoms with E-state index in [0.717, 1.165) is 16.7 Å². The fraction of sp³-hybridized carbons (Fsp3) is 0.364. The van der Waals surface area contributed by atoms with Gasteiger partial charge in [0, 0.05) is 13.1 Å². The maximum atomic E-state index is 13.3. The Morgan fingerprint density at radius 2 is 1.57 bits per heavy atom. The van der Waals surface area contributed by atoms with Crippen molar-refractivity contribution in [1.29, 1.82) is 0 Å². The molecule has 0 heterocycles. The van der Waals surface area contributed by atoms with Gasteiger partial charge in [-0.3, -0.25) is 0 Å². The smallest absolute Gasteiger partial charge is 0.219 e. The summed E-state index contributed by atoms with van der Waals surface area (Å²) in [7, 11) is -2.15. The second-order valence-electron chi connectivity index (χ2n) is 6.94. The zero-order chi connectivity index (χ0) is 20.7. The second kappa shape index (κ2) is 9.87. The number of aryl methyl sites for hydroxylation is 1. The topological polar surface area (TPSA) is 66.8 Å². The quantitative estimate of drug-likeness (QED) is 0.615. The number of hydrogen-bond acceptors (Lipinski definition) is 4. The van der Waals surface area contributed by atoms with E-state index in [1.54, 1.807) is 14.0 Å². The highest BCUT2D eigenvalue weighted by Gasteiger charge is 2.33. The highest BCUT2D eigenvalue weighted by atomic mass is 32.2. The van der Waals surface area contributed by atoms with E-state index in [-0.39, 0.29) is 19.5 Å². The fourth-order valence-corrected chi connectivity index (χ4v) is 4.50. The van der Waals surface area contributed by atoms with Crippen molar-refractivity contribution in [2.45, 2.75) is 44.7 Å². The molecule has 2 atom stereocenters. The number of nitrogens with zero attached hydrogens (tertiary/aromatic N) is 1. The molecule has 6 heteroatoms. The van der Waals surface area contributed by atoms with Crippen LogP contribution in [0.25, 0.3) is 0 Å². The second-order valence-corrected chi connectivity index (χ2v) is 9.23. The molecule has 0 bridgehead atoms. The zero-order valence-corrected chi connectivity index (χ0v) is 17.5. The molecule has 0 saturated carbocycles. The maximum absolute atomic E-state index is 13.3. The minimum Gasteiger partial charge on any atom is -0.497 e. The summed E-state index contributed by atoms with van der Waals surface area (Å²) in [5.74, 6) is 0.714.